The Balaban J connectivity index is 1.26. The van der Waals surface area contributed by atoms with E-state index in [2.05, 4.69) is 29.9 Å². The molecule has 0 atom stereocenters. The average molecular weight is 499 g/mol. The van der Waals surface area contributed by atoms with E-state index < -0.39 is 0 Å². The molecule has 0 aliphatic heterocycles. The lowest BCUT2D eigenvalue weighted by molar-refractivity contribution is 1.07. The predicted molar refractivity (Wildman–Crippen MR) is 141 cm³/mol. The van der Waals surface area contributed by atoms with Crippen LogP contribution in [0.1, 0.15) is 0 Å². The van der Waals surface area contributed by atoms with Gasteiger partial charge in [0.25, 0.3) is 0 Å². The second kappa shape index (κ2) is 10.4. The van der Waals surface area contributed by atoms with Crippen molar-refractivity contribution < 1.29 is 0 Å². The summed E-state index contributed by atoms with van der Waals surface area (Å²) >= 11 is 1.47. The summed E-state index contributed by atoms with van der Waals surface area (Å²) in [7, 11) is 0. The fraction of sp³-hybridized carbons (Fsp3) is 0. The van der Waals surface area contributed by atoms with Gasteiger partial charge in [-0.15, -0.1) is 0 Å². The van der Waals surface area contributed by atoms with Crippen molar-refractivity contribution in [2.24, 2.45) is 0 Å². The maximum absolute atomic E-state index is 4.81. The van der Waals surface area contributed by atoms with Crippen LogP contribution in [0.4, 0.5) is 0 Å². The Hall–Kier alpha value is -4.89. The highest BCUT2D eigenvalue weighted by molar-refractivity contribution is 7.99. The summed E-state index contributed by atoms with van der Waals surface area (Å²) in [5, 5.41) is 1.61. The van der Waals surface area contributed by atoms with Crippen LogP contribution in [-0.2, 0) is 0 Å². The summed E-state index contributed by atoms with van der Waals surface area (Å²) in [4.78, 5) is 35.9. The Labute approximate surface area is 217 Å². The molecule has 0 bridgehead atoms. The van der Waals surface area contributed by atoms with Crippen LogP contribution in [-0.4, -0.2) is 39.9 Å². The molecule has 0 amide bonds. The van der Waals surface area contributed by atoms with Gasteiger partial charge in [-0.1, -0.05) is 36.0 Å². The van der Waals surface area contributed by atoms with Crippen molar-refractivity contribution in [3.63, 3.8) is 0 Å². The van der Waals surface area contributed by atoms with Gasteiger partial charge in [-0.2, -0.15) is 0 Å². The standard InChI is InChI=1S/C28H18N8S/c1-3-13-29-19(7-1)23-15-25(33-17-31-23)21-9-5-11-27(35-21)37-28-12-6-10-22(36-28)26-16-24(32-18-34-26)20-8-2-4-14-30-20/h1-18H. The van der Waals surface area contributed by atoms with E-state index in [0.717, 1.165) is 55.6 Å². The minimum Gasteiger partial charge on any atom is -0.255 e. The molecule has 176 valence electrons. The first kappa shape index (κ1) is 22.6. The molecule has 6 aromatic rings. The summed E-state index contributed by atoms with van der Waals surface area (Å²) in [6, 6.07) is 26.9. The number of pyridine rings is 4. The third-order valence-electron chi connectivity index (χ3n) is 5.37. The highest BCUT2D eigenvalue weighted by Gasteiger charge is 2.10. The molecule has 9 heteroatoms. The lowest BCUT2D eigenvalue weighted by Crippen LogP contribution is -1.94. The molecule has 6 aromatic heterocycles. The minimum absolute atomic E-state index is 0.725. The monoisotopic (exact) mass is 498 g/mol. The van der Waals surface area contributed by atoms with Crippen molar-refractivity contribution in [3.05, 3.63) is 110 Å². The molecule has 8 nitrogen and oxygen atoms in total. The molecule has 0 saturated heterocycles. The summed E-state index contributed by atoms with van der Waals surface area (Å²) in [6.07, 6.45) is 6.56. The van der Waals surface area contributed by atoms with E-state index >= 15 is 0 Å². The first-order valence-corrected chi connectivity index (χ1v) is 12.2. The molecule has 0 aliphatic carbocycles. The maximum atomic E-state index is 4.81. The molecule has 0 unspecified atom stereocenters. The van der Waals surface area contributed by atoms with Gasteiger partial charge >= 0.3 is 0 Å². The van der Waals surface area contributed by atoms with E-state index in [0.29, 0.717) is 0 Å². The summed E-state index contributed by atoms with van der Waals surface area (Å²) in [5.41, 5.74) is 6.01. The lowest BCUT2D eigenvalue weighted by Gasteiger charge is -2.07. The van der Waals surface area contributed by atoms with Gasteiger partial charge in [0.2, 0.25) is 0 Å². The van der Waals surface area contributed by atoms with Crippen LogP contribution in [0, 0.1) is 0 Å². The lowest BCUT2D eigenvalue weighted by atomic mass is 10.2. The Kier molecular flexibility index (Phi) is 6.33. The first-order chi connectivity index (χ1) is 18.3. The fourth-order valence-corrected chi connectivity index (χ4v) is 4.43. The van der Waals surface area contributed by atoms with Crippen LogP contribution < -0.4 is 0 Å². The van der Waals surface area contributed by atoms with Crippen LogP contribution >= 0.6 is 11.8 Å². The quantitative estimate of drug-likeness (QED) is 0.287. The normalized spacial score (nSPS) is 10.8. The predicted octanol–water partition coefficient (Wildman–Crippen LogP) is 5.67. The van der Waals surface area contributed by atoms with Gasteiger partial charge in [0.05, 0.1) is 45.6 Å². The van der Waals surface area contributed by atoms with E-state index in [9.17, 15) is 0 Å². The molecule has 37 heavy (non-hydrogen) atoms. The van der Waals surface area contributed by atoms with Crippen molar-refractivity contribution >= 4 is 11.8 Å². The van der Waals surface area contributed by atoms with Crippen LogP contribution in [0.25, 0.3) is 45.6 Å². The van der Waals surface area contributed by atoms with Gasteiger partial charge in [0.1, 0.15) is 22.7 Å². The van der Waals surface area contributed by atoms with Gasteiger partial charge < -0.3 is 0 Å². The average Bonchev–Trinajstić information content (AvgIpc) is 2.98. The number of nitrogens with zero attached hydrogens (tertiary/aromatic N) is 8. The molecule has 0 N–H and O–H groups in total. The van der Waals surface area contributed by atoms with E-state index in [1.165, 1.54) is 24.4 Å². The SMILES string of the molecule is c1ccc(-c2cc(-c3cccc(Sc4cccc(-c5cc(-c6ccccn6)ncn5)n4)n3)ncn2)nc1. The fourth-order valence-electron chi connectivity index (χ4n) is 3.64. The van der Waals surface area contributed by atoms with Gasteiger partial charge in [-0.3, -0.25) is 9.97 Å². The van der Waals surface area contributed by atoms with Crippen molar-refractivity contribution in [1.82, 2.24) is 39.9 Å². The highest BCUT2D eigenvalue weighted by atomic mass is 32.2. The number of rotatable bonds is 6. The van der Waals surface area contributed by atoms with Gasteiger partial charge in [-0.25, -0.2) is 29.9 Å². The number of hydrogen-bond donors (Lipinski definition) is 0. The maximum Gasteiger partial charge on any atom is 0.116 e. The third-order valence-corrected chi connectivity index (χ3v) is 6.24. The second-order valence-corrected chi connectivity index (χ2v) is 8.87. The van der Waals surface area contributed by atoms with Gasteiger partial charge in [-0.05, 0) is 60.7 Å². The highest BCUT2D eigenvalue weighted by Crippen LogP contribution is 2.29. The molecule has 0 aromatic carbocycles. The van der Waals surface area contributed by atoms with Crippen LogP contribution in [0.5, 0.6) is 0 Å². The second-order valence-electron chi connectivity index (χ2n) is 7.83. The summed E-state index contributed by atoms with van der Waals surface area (Å²) in [6.45, 7) is 0. The van der Waals surface area contributed by atoms with Crippen molar-refractivity contribution in [2.45, 2.75) is 10.1 Å². The molecule has 0 radical (unpaired) electrons. The molecule has 0 fully saturated rings. The Morgan fingerprint density at radius 2 is 0.811 bits per heavy atom. The van der Waals surface area contributed by atoms with Crippen LogP contribution in [0.3, 0.4) is 0 Å². The number of aromatic nitrogens is 8. The van der Waals surface area contributed by atoms with Crippen LogP contribution in [0.2, 0.25) is 0 Å². The van der Waals surface area contributed by atoms with Crippen molar-refractivity contribution in [3.8, 4) is 45.6 Å². The molecule has 0 aliphatic rings. The van der Waals surface area contributed by atoms with Crippen molar-refractivity contribution in [2.75, 3.05) is 0 Å². The molecule has 0 saturated carbocycles. The summed E-state index contributed by atoms with van der Waals surface area (Å²) in [5.74, 6) is 0. The van der Waals surface area contributed by atoms with E-state index in [-0.39, 0.29) is 0 Å². The molecular formula is C28H18N8S. The molecular weight excluding hydrogens is 480 g/mol. The zero-order valence-electron chi connectivity index (χ0n) is 19.4. The van der Waals surface area contributed by atoms with E-state index in [1.54, 1.807) is 12.4 Å². The molecule has 0 spiro atoms. The van der Waals surface area contributed by atoms with E-state index in [1.807, 2.05) is 84.9 Å². The third kappa shape index (κ3) is 5.21. The number of hydrogen-bond acceptors (Lipinski definition) is 9. The van der Waals surface area contributed by atoms with Crippen LogP contribution in [0.15, 0.2) is 120 Å². The van der Waals surface area contributed by atoms with Gasteiger partial charge in [0.15, 0.2) is 0 Å². The zero-order valence-corrected chi connectivity index (χ0v) is 20.2. The van der Waals surface area contributed by atoms with E-state index in [4.69, 9.17) is 9.97 Å². The Bertz CT molecular complexity index is 1540. The Morgan fingerprint density at radius 1 is 0.378 bits per heavy atom. The van der Waals surface area contributed by atoms with Crippen molar-refractivity contribution in [1.29, 1.82) is 0 Å². The molecule has 6 heterocycles. The first-order valence-electron chi connectivity index (χ1n) is 11.4. The smallest absolute Gasteiger partial charge is 0.116 e. The molecule has 6 rings (SSSR count). The topological polar surface area (TPSA) is 103 Å². The summed E-state index contributed by atoms with van der Waals surface area (Å²) < 4.78 is 0. The van der Waals surface area contributed by atoms with Gasteiger partial charge in [0, 0.05) is 12.4 Å². The Morgan fingerprint density at radius 3 is 1.24 bits per heavy atom. The zero-order chi connectivity index (χ0) is 24.9. The largest absolute Gasteiger partial charge is 0.255 e. The minimum atomic E-state index is 0.725.